The number of nitro benzene ring substituents is 1. The largest absolute Gasteiger partial charge is 0.315 e. The molecule has 1 aromatic heterocycles. The van der Waals surface area contributed by atoms with Crippen LogP contribution in [0.15, 0.2) is 42.6 Å². The summed E-state index contributed by atoms with van der Waals surface area (Å²) in [5, 5.41) is 18.8. The third-order valence-electron chi connectivity index (χ3n) is 3.41. The number of fused-ring (bicyclic) bond motifs is 1. The average molecular weight is 298 g/mol. The summed E-state index contributed by atoms with van der Waals surface area (Å²) in [6.45, 7) is -0.164. The fourth-order valence-corrected chi connectivity index (χ4v) is 2.35. The van der Waals surface area contributed by atoms with Crippen LogP contribution in [0.1, 0.15) is 20.7 Å². The van der Waals surface area contributed by atoms with E-state index in [1.807, 2.05) is 0 Å². The number of hydrogen-bond acceptors (Lipinski definition) is 5. The number of carbonyl (C=O) groups is 2. The number of amides is 2. The van der Waals surface area contributed by atoms with Crippen LogP contribution < -0.4 is 5.49 Å². The molecule has 8 heteroatoms. The number of rotatable bonds is 3. The van der Waals surface area contributed by atoms with E-state index in [-0.39, 0.29) is 29.0 Å². The monoisotopic (exact) mass is 298 g/mol. The molecule has 3 rings (SSSR count). The Morgan fingerprint density at radius 3 is 2.55 bits per heavy atom. The highest BCUT2D eigenvalue weighted by atomic mass is 16.6. The zero-order valence-electron chi connectivity index (χ0n) is 11.2. The smallest absolute Gasteiger partial charge is 0.282 e. The summed E-state index contributed by atoms with van der Waals surface area (Å²) >= 11 is 0. The second-order valence-corrected chi connectivity index (χ2v) is 4.69. The predicted octanol–water partition coefficient (Wildman–Crippen LogP) is 1.13. The summed E-state index contributed by atoms with van der Waals surface area (Å²) in [6.07, 6.45) is 1.56. The third kappa shape index (κ3) is 1.97. The number of nitrogens with one attached hydrogen (secondary N) is 1. The molecule has 0 radical (unpaired) electrons. The molecule has 110 valence electrons. The lowest BCUT2D eigenvalue weighted by molar-refractivity contribution is -0.385. The first-order valence-electron chi connectivity index (χ1n) is 6.34. The number of pyridine rings is 1. The summed E-state index contributed by atoms with van der Waals surface area (Å²) in [5.74, 6) is -1.32. The first-order valence-corrected chi connectivity index (χ1v) is 6.34. The van der Waals surface area contributed by atoms with Crippen LogP contribution in [0.5, 0.6) is 0 Å². The predicted molar refractivity (Wildman–Crippen MR) is 73.9 cm³/mol. The molecule has 0 unspecified atom stereocenters. The Morgan fingerprint density at radius 2 is 1.86 bits per heavy atom. The quantitative estimate of drug-likeness (QED) is 0.520. The molecule has 0 spiro atoms. The standard InChI is InChI=1S/C14H10N4O4/c15-11-6-1-2-7-16(11)8-17-13(19)9-4-3-5-10(18(21)22)12(9)14(17)20/h1-7,15H,8H2. The molecule has 8 nitrogen and oxygen atoms in total. The van der Waals surface area contributed by atoms with Gasteiger partial charge in [-0.2, -0.15) is 0 Å². The minimum Gasteiger partial charge on any atom is -0.315 e. The van der Waals surface area contributed by atoms with Crippen molar-refractivity contribution in [2.45, 2.75) is 6.67 Å². The van der Waals surface area contributed by atoms with Crippen molar-refractivity contribution in [3.63, 3.8) is 0 Å². The summed E-state index contributed by atoms with van der Waals surface area (Å²) in [7, 11) is 0. The van der Waals surface area contributed by atoms with Gasteiger partial charge < -0.3 is 4.57 Å². The second kappa shape index (κ2) is 4.92. The van der Waals surface area contributed by atoms with E-state index < -0.39 is 16.7 Å². The Balaban J connectivity index is 2.04. The van der Waals surface area contributed by atoms with Crippen molar-refractivity contribution in [2.75, 3.05) is 0 Å². The number of nitrogens with zero attached hydrogens (tertiary/aromatic N) is 3. The Labute approximate surface area is 123 Å². The molecule has 0 saturated carbocycles. The molecule has 0 saturated heterocycles. The normalized spacial score (nSPS) is 13.4. The lowest BCUT2D eigenvalue weighted by Crippen LogP contribution is -2.35. The molecule has 2 heterocycles. The molecule has 0 aliphatic carbocycles. The maximum absolute atomic E-state index is 12.4. The number of aromatic nitrogens is 1. The maximum Gasteiger partial charge on any atom is 0.282 e. The number of benzene rings is 1. The molecule has 0 atom stereocenters. The Kier molecular flexibility index (Phi) is 3.06. The number of nitro groups is 1. The van der Waals surface area contributed by atoms with Crippen molar-refractivity contribution >= 4 is 17.5 Å². The van der Waals surface area contributed by atoms with Crippen LogP contribution in [0.25, 0.3) is 0 Å². The average Bonchev–Trinajstić information content (AvgIpc) is 2.74. The van der Waals surface area contributed by atoms with Crippen LogP contribution in [0.4, 0.5) is 5.69 Å². The zero-order chi connectivity index (χ0) is 15.9. The van der Waals surface area contributed by atoms with E-state index in [9.17, 15) is 19.7 Å². The third-order valence-corrected chi connectivity index (χ3v) is 3.41. The molecule has 1 aliphatic rings. The van der Waals surface area contributed by atoms with Crippen molar-refractivity contribution in [3.05, 3.63) is 69.3 Å². The highest BCUT2D eigenvalue weighted by Crippen LogP contribution is 2.30. The van der Waals surface area contributed by atoms with Crippen molar-refractivity contribution < 1.29 is 14.5 Å². The van der Waals surface area contributed by atoms with Gasteiger partial charge in [0.25, 0.3) is 17.5 Å². The van der Waals surface area contributed by atoms with Crippen molar-refractivity contribution in [1.29, 1.82) is 5.41 Å². The van der Waals surface area contributed by atoms with Gasteiger partial charge in [0.1, 0.15) is 17.7 Å². The Bertz CT molecular complexity index is 871. The summed E-state index contributed by atoms with van der Waals surface area (Å²) < 4.78 is 1.40. The molecular formula is C14H10N4O4. The molecule has 0 bridgehead atoms. The van der Waals surface area contributed by atoms with E-state index >= 15 is 0 Å². The molecule has 2 aromatic rings. The molecule has 1 N–H and O–H groups in total. The van der Waals surface area contributed by atoms with Crippen molar-refractivity contribution in [1.82, 2.24) is 9.47 Å². The summed E-state index contributed by atoms with van der Waals surface area (Å²) in [4.78, 5) is 35.9. The van der Waals surface area contributed by atoms with Gasteiger partial charge in [-0.15, -0.1) is 0 Å². The Morgan fingerprint density at radius 1 is 1.09 bits per heavy atom. The molecule has 0 fully saturated rings. The van der Waals surface area contributed by atoms with Gasteiger partial charge in [-0.1, -0.05) is 12.1 Å². The highest BCUT2D eigenvalue weighted by Gasteiger charge is 2.40. The van der Waals surface area contributed by atoms with E-state index in [2.05, 4.69) is 0 Å². The summed E-state index contributed by atoms with van der Waals surface area (Å²) in [6, 6.07) is 8.79. The molecule has 1 aliphatic heterocycles. The fraction of sp³-hybridized carbons (Fsp3) is 0.0714. The van der Waals surface area contributed by atoms with Gasteiger partial charge in [-0.05, 0) is 18.2 Å². The van der Waals surface area contributed by atoms with E-state index in [4.69, 9.17) is 5.41 Å². The van der Waals surface area contributed by atoms with E-state index in [0.717, 1.165) is 4.90 Å². The van der Waals surface area contributed by atoms with Gasteiger partial charge >= 0.3 is 0 Å². The molecule has 22 heavy (non-hydrogen) atoms. The minimum atomic E-state index is -0.719. The van der Waals surface area contributed by atoms with Crippen molar-refractivity contribution in [2.24, 2.45) is 0 Å². The topological polar surface area (TPSA) is 109 Å². The van der Waals surface area contributed by atoms with Gasteiger partial charge in [0.15, 0.2) is 0 Å². The van der Waals surface area contributed by atoms with Gasteiger partial charge in [-0.3, -0.25) is 30.0 Å². The van der Waals surface area contributed by atoms with Crippen LogP contribution in [0.3, 0.4) is 0 Å². The van der Waals surface area contributed by atoms with Crippen LogP contribution in [0, 0.1) is 15.5 Å². The van der Waals surface area contributed by atoms with Gasteiger partial charge in [0.05, 0.1) is 10.5 Å². The lowest BCUT2D eigenvalue weighted by Gasteiger charge is -2.15. The Hall–Kier alpha value is -3.29. The van der Waals surface area contributed by atoms with Crippen LogP contribution in [-0.4, -0.2) is 26.2 Å². The zero-order valence-corrected chi connectivity index (χ0v) is 11.2. The van der Waals surface area contributed by atoms with Crippen molar-refractivity contribution in [3.8, 4) is 0 Å². The lowest BCUT2D eigenvalue weighted by atomic mass is 10.1. The first-order chi connectivity index (χ1) is 10.5. The van der Waals surface area contributed by atoms with E-state index in [1.165, 1.54) is 28.8 Å². The van der Waals surface area contributed by atoms with E-state index in [1.54, 1.807) is 18.3 Å². The number of hydrogen-bond donors (Lipinski definition) is 1. The summed E-state index contributed by atoms with van der Waals surface area (Å²) in [5.41, 5.74) is -0.445. The van der Waals surface area contributed by atoms with E-state index in [0.29, 0.717) is 0 Å². The van der Waals surface area contributed by atoms with Crippen LogP contribution >= 0.6 is 0 Å². The fourth-order valence-electron chi connectivity index (χ4n) is 2.35. The van der Waals surface area contributed by atoms with Crippen LogP contribution in [0.2, 0.25) is 0 Å². The number of carbonyl (C=O) groups excluding carboxylic acids is 2. The molecule has 2 amide bonds. The second-order valence-electron chi connectivity index (χ2n) is 4.69. The SMILES string of the molecule is N=c1ccccn1CN1C(=O)c2cccc([N+](=O)[O-])c2C1=O. The minimum absolute atomic E-state index is 0.0160. The van der Waals surface area contributed by atoms with Gasteiger partial charge in [-0.25, -0.2) is 0 Å². The first kappa shape index (κ1) is 13.7. The van der Waals surface area contributed by atoms with Gasteiger partial charge in [0.2, 0.25) is 0 Å². The molecule has 1 aromatic carbocycles. The number of imide groups is 1. The highest BCUT2D eigenvalue weighted by molar-refractivity contribution is 6.22. The van der Waals surface area contributed by atoms with Crippen LogP contribution in [-0.2, 0) is 6.67 Å². The maximum atomic E-state index is 12.4. The molecular weight excluding hydrogens is 288 g/mol. The van der Waals surface area contributed by atoms with Gasteiger partial charge in [0, 0.05) is 12.3 Å².